The summed E-state index contributed by atoms with van der Waals surface area (Å²) in [7, 11) is -2.00. The summed E-state index contributed by atoms with van der Waals surface area (Å²) in [6, 6.07) is 14.4. The van der Waals surface area contributed by atoms with Crippen LogP contribution >= 0.6 is 0 Å². The number of sulfonamides is 1. The van der Waals surface area contributed by atoms with Gasteiger partial charge in [-0.2, -0.15) is 0 Å². The Bertz CT molecular complexity index is 1250. The Kier molecular flexibility index (Phi) is 6.18. The van der Waals surface area contributed by atoms with Gasteiger partial charge in [-0.05, 0) is 44.0 Å². The van der Waals surface area contributed by atoms with Gasteiger partial charge in [0.25, 0.3) is 5.91 Å². The standard InChI is InChI=1S/C23H26N4O4S/c1-3-32(29,30)26-20-11-10-17(15-21(20)31-2)24-23(28)18-14-16-8-4-5-9-19(16)25-22(18)27-12-6-7-13-27/h4-5,8-11,14-15,26H,3,6-7,12-13H2,1-2H3,(H,24,28). The molecule has 32 heavy (non-hydrogen) atoms. The largest absolute Gasteiger partial charge is 0.494 e. The van der Waals surface area contributed by atoms with Crippen molar-refractivity contribution in [3.63, 3.8) is 0 Å². The van der Waals surface area contributed by atoms with Crippen LogP contribution in [0.5, 0.6) is 5.75 Å². The van der Waals surface area contributed by atoms with Crippen molar-refractivity contribution >= 4 is 44.0 Å². The number of anilines is 3. The van der Waals surface area contributed by atoms with E-state index in [4.69, 9.17) is 9.72 Å². The number of carbonyl (C=O) groups excluding carboxylic acids is 1. The number of hydrogen-bond acceptors (Lipinski definition) is 6. The number of rotatable bonds is 7. The van der Waals surface area contributed by atoms with Gasteiger partial charge in [0.05, 0.1) is 29.6 Å². The minimum Gasteiger partial charge on any atom is -0.494 e. The van der Waals surface area contributed by atoms with Crippen LogP contribution in [0.2, 0.25) is 0 Å². The van der Waals surface area contributed by atoms with Crippen molar-refractivity contribution < 1.29 is 17.9 Å². The van der Waals surface area contributed by atoms with Crippen LogP contribution in [0.3, 0.4) is 0 Å². The minimum atomic E-state index is -3.45. The lowest BCUT2D eigenvalue weighted by Gasteiger charge is -2.20. The molecule has 3 aromatic rings. The summed E-state index contributed by atoms with van der Waals surface area (Å²) in [4.78, 5) is 20.2. The molecule has 0 atom stereocenters. The third-order valence-electron chi connectivity index (χ3n) is 5.46. The number of fused-ring (bicyclic) bond motifs is 1. The van der Waals surface area contributed by atoms with Crippen molar-refractivity contribution in [3.05, 3.63) is 54.1 Å². The van der Waals surface area contributed by atoms with Crippen LogP contribution in [0.25, 0.3) is 10.9 Å². The van der Waals surface area contributed by atoms with Crippen LogP contribution in [-0.4, -0.2) is 45.3 Å². The lowest BCUT2D eigenvalue weighted by molar-refractivity contribution is 0.102. The summed E-state index contributed by atoms with van der Waals surface area (Å²) in [6.07, 6.45) is 2.14. The molecule has 8 nitrogen and oxygen atoms in total. The van der Waals surface area contributed by atoms with Gasteiger partial charge in [-0.3, -0.25) is 9.52 Å². The van der Waals surface area contributed by atoms with Crippen LogP contribution in [-0.2, 0) is 10.0 Å². The van der Waals surface area contributed by atoms with Crippen molar-refractivity contribution in [1.82, 2.24) is 4.98 Å². The fourth-order valence-electron chi connectivity index (χ4n) is 3.73. The van der Waals surface area contributed by atoms with E-state index in [-0.39, 0.29) is 11.7 Å². The van der Waals surface area contributed by atoms with Gasteiger partial charge in [0.1, 0.15) is 11.6 Å². The highest BCUT2D eigenvalue weighted by Crippen LogP contribution is 2.31. The third kappa shape index (κ3) is 4.62. The predicted octanol–water partition coefficient (Wildman–Crippen LogP) is 3.86. The van der Waals surface area contributed by atoms with Crippen LogP contribution in [0, 0.1) is 0 Å². The normalized spacial score (nSPS) is 13.9. The number of nitrogens with zero attached hydrogens (tertiary/aromatic N) is 2. The molecule has 0 saturated carbocycles. The van der Waals surface area contributed by atoms with Gasteiger partial charge in [-0.1, -0.05) is 18.2 Å². The molecule has 1 aliphatic heterocycles. The van der Waals surface area contributed by atoms with Crippen molar-refractivity contribution in [1.29, 1.82) is 0 Å². The molecule has 0 bridgehead atoms. The molecule has 0 aliphatic carbocycles. The number of methoxy groups -OCH3 is 1. The topological polar surface area (TPSA) is 101 Å². The van der Waals surface area contributed by atoms with E-state index in [1.165, 1.54) is 7.11 Å². The maximum Gasteiger partial charge on any atom is 0.259 e. The molecule has 1 fully saturated rings. The maximum absolute atomic E-state index is 13.3. The van der Waals surface area contributed by atoms with E-state index in [0.717, 1.165) is 36.8 Å². The average molecular weight is 455 g/mol. The summed E-state index contributed by atoms with van der Waals surface area (Å²) in [6.45, 7) is 3.29. The van der Waals surface area contributed by atoms with Crippen LogP contribution in [0.15, 0.2) is 48.5 Å². The molecule has 0 spiro atoms. The zero-order valence-electron chi connectivity index (χ0n) is 18.1. The highest BCUT2D eigenvalue weighted by atomic mass is 32.2. The molecule has 1 saturated heterocycles. The monoisotopic (exact) mass is 454 g/mol. The highest BCUT2D eigenvalue weighted by molar-refractivity contribution is 7.92. The number of aromatic nitrogens is 1. The SMILES string of the molecule is CCS(=O)(=O)Nc1ccc(NC(=O)c2cc3ccccc3nc2N2CCCC2)cc1OC. The Morgan fingerprint density at radius 3 is 2.59 bits per heavy atom. The molecule has 9 heteroatoms. The molecule has 1 amide bonds. The second-order valence-electron chi connectivity index (χ2n) is 7.62. The van der Waals surface area contributed by atoms with Gasteiger partial charge in [-0.15, -0.1) is 0 Å². The Balaban J connectivity index is 1.65. The Morgan fingerprint density at radius 1 is 1.12 bits per heavy atom. The molecule has 4 rings (SSSR count). The molecule has 168 valence electrons. The van der Waals surface area contributed by atoms with E-state index in [9.17, 15) is 13.2 Å². The number of pyridine rings is 1. The zero-order chi connectivity index (χ0) is 22.7. The van der Waals surface area contributed by atoms with Gasteiger partial charge in [-0.25, -0.2) is 13.4 Å². The van der Waals surface area contributed by atoms with Gasteiger partial charge in [0.2, 0.25) is 10.0 Å². The van der Waals surface area contributed by atoms with Crippen LogP contribution in [0.1, 0.15) is 30.1 Å². The quantitative estimate of drug-likeness (QED) is 0.562. The van der Waals surface area contributed by atoms with Gasteiger partial charge in [0.15, 0.2) is 0 Å². The number of ether oxygens (including phenoxy) is 1. The molecule has 1 aliphatic rings. The fourth-order valence-corrected chi connectivity index (χ4v) is 4.38. The Hall–Kier alpha value is -3.33. The van der Waals surface area contributed by atoms with E-state index >= 15 is 0 Å². The lowest BCUT2D eigenvalue weighted by atomic mass is 10.1. The number of nitrogens with one attached hydrogen (secondary N) is 2. The van der Waals surface area contributed by atoms with Gasteiger partial charge >= 0.3 is 0 Å². The summed E-state index contributed by atoms with van der Waals surface area (Å²) in [5, 5.41) is 3.79. The second-order valence-corrected chi connectivity index (χ2v) is 9.63. The first-order chi connectivity index (χ1) is 15.4. The van der Waals surface area contributed by atoms with Gasteiger partial charge < -0.3 is 15.0 Å². The summed E-state index contributed by atoms with van der Waals surface area (Å²) >= 11 is 0. The Labute approximate surface area is 187 Å². The second kappa shape index (κ2) is 9.04. The van der Waals surface area contributed by atoms with E-state index in [1.54, 1.807) is 25.1 Å². The van der Waals surface area contributed by atoms with Gasteiger partial charge in [0, 0.05) is 30.2 Å². The molecule has 1 aromatic heterocycles. The molecule has 2 heterocycles. The number of amides is 1. The first-order valence-corrected chi connectivity index (χ1v) is 12.2. The summed E-state index contributed by atoms with van der Waals surface area (Å²) in [5.74, 6) is 0.659. The third-order valence-corrected chi connectivity index (χ3v) is 6.75. The predicted molar refractivity (Wildman–Crippen MR) is 127 cm³/mol. The van der Waals surface area contributed by atoms with E-state index < -0.39 is 10.0 Å². The van der Waals surface area contributed by atoms with Crippen LogP contribution < -0.4 is 19.7 Å². The first-order valence-electron chi connectivity index (χ1n) is 10.5. The van der Waals surface area contributed by atoms with Crippen molar-refractivity contribution in [2.75, 3.05) is 40.9 Å². The van der Waals surface area contributed by atoms with Crippen molar-refractivity contribution in [2.24, 2.45) is 0 Å². The number of benzene rings is 2. The number of para-hydroxylation sites is 1. The van der Waals surface area contributed by atoms with E-state index in [0.29, 0.717) is 28.5 Å². The Morgan fingerprint density at radius 2 is 1.88 bits per heavy atom. The fraction of sp³-hybridized carbons (Fsp3) is 0.304. The maximum atomic E-state index is 13.3. The number of carbonyl (C=O) groups is 1. The minimum absolute atomic E-state index is 0.0527. The zero-order valence-corrected chi connectivity index (χ0v) is 18.9. The molecular weight excluding hydrogens is 428 g/mol. The first kappa shape index (κ1) is 21.9. The lowest BCUT2D eigenvalue weighted by Crippen LogP contribution is -2.24. The summed E-state index contributed by atoms with van der Waals surface area (Å²) < 4.78 is 31.6. The van der Waals surface area contributed by atoms with Crippen molar-refractivity contribution in [3.8, 4) is 5.75 Å². The molecule has 0 radical (unpaired) electrons. The molecular formula is C23H26N4O4S. The molecule has 2 N–H and O–H groups in total. The highest BCUT2D eigenvalue weighted by Gasteiger charge is 2.22. The molecule has 0 unspecified atom stereocenters. The van der Waals surface area contributed by atoms with Crippen LogP contribution in [0.4, 0.5) is 17.2 Å². The van der Waals surface area contributed by atoms with E-state index in [1.807, 2.05) is 30.3 Å². The number of hydrogen-bond donors (Lipinski definition) is 2. The molecule has 2 aromatic carbocycles. The van der Waals surface area contributed by atoms with E-state index in [2.05, 4.69) is 14.9 Å². The average Bonchev–Trinajstić information content (AvgIpc) is 3.34. The summed E-state index contributed by atoms with van der Waals surface area (Å²) in [5.41, 5.74) is 2.16. The smallest absolute Gasteiger partial charge is 0.259 e. The van der Waals surface area contributed by atoms with Crippen molar-refractivity contribution in [2.45, 2.75) is 19.8 Å².